The molecule has 0 aromatic heterocycles. The Hall–Kier alpha value is -0.870. The highest BCUT2D eigenvalue weighted by Crippen LogP contribution is 2.19. The minimum absolute atomic E-state index is 0.0500. The molecule has 0 bridgehead atoms. The summed E-state index contributed by atoms with van der Waals surface area (Å²) in [5.41, 5.74) is 0.844. The van der Waals surface area contributed by atoms with E-state index >= 15 is 0 Å². The number of ether oxygens (including phenoxy) is 1. The Balaban J connectivity index is 1.89. The first-order chi connectivity index (χ1) is 7.74. The molecule has 1 amide bonds. The fourth-order valence-electron chi connectivity index (χ4n) is 1.65. The minimum Gasteiger partial charge on any atom is -0.376 e. The van der Waals surface area contributed by atoms with Crippen molar-refractivity contribution in [2.24, 2.45) is 0 Å². The van der Waals surface area contributed by atoms with Crippen LogP contribution in [0.1, 0.15) is 5.56 Å². The first-order valence-corrected chi connectivity index (χ1v) is 6.35. The van der Waals surface area contributed by atoms with Crippen LogP contribution in [0.25, 0.3) is 0 Å². The molecule has 1 aromatic rings. The lowest BCUT2D eigenvalue weighted by atomic mass is 10.00. The SMILES string of the molecule is O=C(Cc1ccccc1)NC1(CBr)COC1. The fraction of sp³-hybridized carbons (Fsp3) is 0.417. The molecule has 1 saturated heterocycles. The molecule has 1 heterocycles. The maximum atomic E-state index is 11.8. The Bertz CT molecular complexity index is 357. The van der Waals surface area contributed by atoms with E-state index in [0.717, 1.165) is 10.9 Å². The van der Waals surface area contributed by atoms with Crippen LogP contribution >= 0.6 is 15.9 Å². The molecule has 1 aliphatic rings. The van der Waals surface area contributed by atoms with Gasteiger partial charge in [0.2, 0.25) is 5.91 Å². The summed E-state index contributed by atoms with van der Waals surface area (Å²) in [5.74, 6) is 0.0500. The summed E-state index contributed by atoms with van der Waals surface area (Å²) < 4.78 is 5.14. The third kappa shape index (κ3) is 2.62. The fourth-order valence-corrected chi connectivity index (χ4v) is 2.12. The van der Waals surface area contributed by atoms with E-state index in [1.54, 1.807) is 0 Å². The number of hydrogen-bond acceptors (Lipinski definition) is 2. The van der Waals surface area contributed by atoms with Crippen LogP contribution in [0.15, 0.2) is 30.3 Å². The molecule has 0 saturated carbocycles. The summed E-state index contributed by atoms with van der Waals surface area (Å²) in [6.45, 7) is 1.19. The van der Waals surface area contributed by atoms with Crippen molar-refractivity contribution in [3.05, 3.63) is 35.9 Å². The molecule has 0 spiro atoms. The molecule has 0 unspecified atom stereocenters. The van der Waals surface area contributed by atoms with E-state index in [9.17, 15) is 4.79 Å². The lowest BCUT2D eigenvalue weighted by Gasteiger charge is -2.40. The normalized spacial score (nSPS) is 17.6. The van der Waals surface area contributed by atoms with E-state index in [-0.39, 0.29) is 11.4 Å². The van der Waals surface area contributed by atoms with Gasteiger partial charge in [0.25, 0.3) is 0 Å². The molecule has 0 atom stereocenters. The Morgan fingerprint density at radius 1 is 1.38 bits per heavy atom. The highest BCUT2D eigenvalue weighted by molar-refractivity contribution is 9.09. The van der Waals surface area contributed by atoms with Gasteiger partial charge in [-0.2, -0.15) is 0 Å². The predicted molar refractivity (Wildman–Crippen MR) is 65.6 cm³/mol. The van der Waals surface area contributed by atoms with Crippen LogP contribution in [0.5, 0.6) is 0 Å². The van der Waals surface area contributed by atoms with E-state index in [4.69, 9.17) is 4.74 Å². The van der Waals surface area contributed by atoms with Crippen molar-refractivity contribution in [1.29, 1.82) is 0 Å². The number of amides is 1. The van der Waals surface area contributed by atoms with Gasteiger partial charge in [-0.3, -0.25) is 4.79 Å². The van der Waals surface area contributed by atoms with Crippen molar-refractivity contribution in [3.63, 3.8) is 0 Å². The summed E-state index contributed by atoms with van der Waals surface area (Å²) in [7, 11) is 0. The van der Waals surface area contributed by atoms with Gasteiger partial charge in [-0.05, 0) is 5.56 Å². The Morgan fingerprint density at radius 2 is 2.06 bits per heavy atom. The van der Waals surface area contributed by atoms with Crippen molar-refractivity contribution in [2.75, 3.05) is 18.5 Å². The van der Waals surface area contributed by atoms with Gasteiger partial charge in [0.05, 0.1) is 25.2 Å². The quantitative estimate of drug-likeness (QED) is 0.851. The minimum atomic E-state index is -0.189. The summed E-state index contributed by atoms with van der Waals surface area (Å²) >= 11 is 3.40. The average Bonchev–Trinajstić information content (AvgIpc) is 2.25. The molecular formula is C12H14BrNO2. The standard InChI is InChI=1S/C12H14BrNO2/c13-7-12(8-16-9-12)14-11(15)6-10-4-2-1-3-5-10/h1-5H,6-9H2,(H,14,15). The number of carbonyl (C=O) groups is 1. The number of rotatable bonds is 4. The van der Waals surface area contributed by atoms with Gasteiger partial charge in [0.1, 0.15) is 0 Å². The molecule has 1 fully saturated rings. The van der Waals surface area contributed by atoms with Crippen LogP contribution in [-0.4, -0.2) is 30.0 Å². The second-order valence-corrected chi connectivity index (χ2v) is 4.68. The van der Waals surface area contributed by atoms with Gasteiger partial charge in [-0.1, -0.05) is 46.3 Å². The van der Waals surface area contributed by atoms with Crippen LogP contribution in [0, 0.1) is 0 Å². The summed E-state index contributed by atoms with van der Waals surface area (Å²) in [4.78, 5) is 11.8. The molecule has 1 N–H and O–H groups in total. The lowest BCUT2D eigenvalue weighted by molar-refractivity contribution is -0.129. The van der Waals surface area contributed by atoms with Gasteiger partial charge in [-0.25, -0.2) is 0 Å². The number of nitrogens with one attached hydrogen (secondary N) is 1. The van der Waals surface area contributed by atoms with Crippen molar-refractivity contribution < 1.29 is 9.53 Å². The zero-order valence-corrected chi connectivity index (χ0v) is 10.5. The van der Waals surface area contributed by atoms with Crippen molar-refractivity contribution in [3.8, 4) is 0 Å². The maximum Gasteiger partial charge on any atom is 0.225 e. The highest BCUT2D eigenvalue weighted by Gasteiger charge is 2.38. The van der Waals surface area contributed by atoms with Crippen molar-refractivity contribution in [2.45, 2.75) is 12.0 Å². The maximum absolute atomic E-state index is 11.8. The first-order valence-electron chi connectivity index (χ1n) is 5.23. The Labute approximate surface area is 103 Å². The molecule has 4 heteroatoms. The predicted octanol–water partition coefficient (Wildman–Crippen LogP) is 1.51. The molecule has 2 rings (SSSR count). The Morgan fingerprint density at radius 3 is 2.56 bits per heavy atom. The lowest BCUT2D eigenvalue weighted by Crippen LogP contribution is -2.63. The first kappa shape index (κ1) is 11.6. The zero-order chi connectivity index (χ0) is 11.4. The molecule has 86 valence electrons. The van der Waals surface area contributed by atoms with Crippen LogP contribution < -0.4 is 5.32 Å². The molecule has 0 radical (unpaired) electrons. The molecular weight excluding hydrogens is 270 g/mol. The second-order valence-electron chi connectivity index (χ2n) is 4.12. The van der Waals surface area contributed by atoms with Gasteiger partial charge in [0, 0.05) is 5.33 Å². The number of alkyl halides is 1. The summed E-state index contributed by atoms with van der Waals surface area (Å²) in [6.07, 6.45) is 0.426. The van der Waals surface area contributed by atoms with Crippen LogP contribution in [0.3, 0.4) is 0 Å². The number of benzene rings is 1. The molecule has 1 aliphatic heterocycles. The number of hydrogen-bond donors (Lipinski definition) is 1. The van der Waals surface area contributed by atoms with Crippen LogP contribution in [-0.2, 0) is 16.0 Å². The smallest absolute Gasteiger partial charge is 0.225 e. The topological polar surface area (TPSA) is 38.3 Å². The van der Waals surface area contributed by atoms with Crippen molar-refractivity contribution in [1.82, 2.24) is 5.32 Å². The molecule has 1 aromatic carbocycles. The molecule has 0 aliphatic carbocycles. The van der Waals surface area contributed by atoms with Gasteiger partial charge < -0.3 is 10.1 Å². The average molecular weight is 284 g/mol. The number of carbonyl (C=O) groups excluding carboxylic acids is 1. The van der Waals surface area contributed by atoms with E-state index < -0.39 is 0 Å². The summed E-state index contributed by atoms with van der Waals surface area (Å²) in [6, 6.07) is 9.74. The van der Waals surface area contributed by atoms with E-state index in [1.807, 2.05) is 30.3 Å². The zero-order valence-electron chi connectivity index (χ0n) is 8.91. The van der Waals surface area contributed by atoms with E-state index in [0.29, 0.717) is 19.6 Å². The van der Waals surface area contributed by atoms with Crippen LogP contribution in [0.4, 0.5) is 0 Å². The van der Waals surface area contributed by atoms with Crippen LogP contribution in [0.2, 0.25) is 0 Å². The second kappa shape index (κ2) is 4.97. The van der Waals surface area contributed by atoms with Crippen molar-refractivity contribution >= 4 is 21.8 Å². The van der Waals surface area contributed by atoms with Gasteiger partial charge in [0.15, 0.2) is 0 Å². The number of halogens is 1. The molecule has 16 heavy (non-hydrogen) atoms. The third-order valence-corrected chi connectivity index (χ3v) is 3.70. The van der Waals surface area contributed by atoms with E-state index in [2.05, 4.69) is 21.2 Å². The highest BCUT2D eigenvalue weighted by atomic mass is 79.9. The third-order valence-electron chi connectivity index (χ3n) is 2.62. The Kier molecular flexibility index (Phi) is 3.61. The summed E-state index contributed by atoms with van der Waals surface area (Å²) in [5, 5.41) is 3.75. The van der Waals surface area contributed by atoms with Gasteiger partial charge in [-0.15, -0.1) is 0 Å². The molecule has 3 nitrogen and oxygen atoms in total. The monoisotopic (exact) mass is 283 g/mol. The largest absolute Gasteiger partial charge is 0.376 e. The van der Waals surface area contributed by atoms with Gasteiger partial charge >= 0.3 is 0 Å². The van der Waals surface area contributed by atoms with E-state index in [1.165, 1.54) is 0 Å².